The van der Waals surface area contributed by atoms with Crippen molar-refractivity contribution in [2.75, 3.05) is 7.11 Å². The van der Waals surface area contributed by atoms with Crippen LogP contribution in [0.25, 0.3) is 11.3 Å². The van der Waals surface area contributed by atoms with Gasteiger partial charge in [0.15, 0.2) is 0 Å². The summed E-state index contributed by atoms with van der Waals surface area (Å²) in [7, 11) is 1.58. The quantitative estimate of drug-likeness (QED) is 0.832. The summed E-state index contributed by atoms with van der Waals surface area (Å²) in [6.07, 6.45) is 0. The summed E-state index contributed by atoms with van der Waals surface area (Å²) in [4.78, 5) is 0. The Balaban J connectivity index is 2.48. The predicted octanol–water partition coefficient (Wildman–Crippen LogP) is 3.47. The van der Waals surface area contributed by atoms with Crippen LogP contribution in [0.2, 0.25) is 5.02 Å². The predicted molar refractivity (Wildman–Crippen MR) is 66.4 cm³/mol. The van der Waals surface area contributed by atoms with Gasteiger partial charge in [-0.25, -0.2) is 0 Å². The molecule has 0 aliphatic heterocycles. The number of methoxy groups -OCH3 is 1. The fourth-order valence-corrected chi connectivity index (χ4v) is 1.63. The van der Waals surface area contributed by atoms with Gasteiger partial charge in [-0.15, -0.1) is 0 Å². The number of aromatic nitrogens is 2. The minimum Gasteiger partial charge on any atom is -0.495 e. The van der Waals surface area contributed by atoms with Gasteiger partial charge in [-0.3, -0.25) is 5.10 Å². The average Bonchev–Trinajstić information content (AvgIpc) is 2.31. The highest BCUT2D eigenvalue weighted by molar-refractivity contribution is 7.71. The Kier molecular flexibility index (Phi) is 3.22. The van der Waals surface area contributed by atoms with E-state index in [1.165, 1.54) is 0 Å². The minimum absolute atomic E-state index is 0.579. The van der Waals surface area contributed by atoms with Crippen LogP contribution in [0.3, 0.4) is 0 Å². The van der Waals surface area contributed by atoms with Crippen LogP contribution in [-0.4, -0.2) is 17.3 Å². The number of nitrogens with zero attached hydrogens (tertiary/aromatic N) is 1. The molecule has 5 heteroatoms. The molecule has 0 spiro atoms. The van der Waals surface area contributed by atoms with Crippen LogP contribution in [0.15, 0.2) is 30.3 Å². The highest BCUT2D eigenvalue weighted by Gasteiger charge is 2.04. The lowest BCUT2D eigenvalue weighted by atomic mass is 10.1. The second-order valence-corrected chi connectivity index (χ2v) is 4.00. The molecule has 2 aromatic rings. The van der Waals surface area contributed by atoms with Gasteiger partial charge in [-0.2, -0.15) is 5.10 Å². The van der Waals surface area contributed by atoms with E-state index in [-0.39, 0.29) is 0 Å². The number of halogens is 1. The van der Waals surface area contributed by atoms with Crippen molar-refractivity contribution in [1.82, 2.24) is 10.2 Å². The zero-order valence-electron chi connectivity index (χ0n) is 8.53. The lowest BCUT2D eigenvalue weighted by Gasteiger charge is -2.05. The first kappa shape index (κ1) is 11.1. The topological polar surface area (TPSA) is 37.9 Å². The first-order valence-electron chi connectivity index (χ1n) is 4.60. The van der Waals surface area contributed by atoms with Crippen molar-refractivity contribution in [3.05, 3.63) is 40.0 Å². The summed E-state index contributed by atoms with van der Waals surface area (Å²) >= 11 is 10.9. The van der Waals surface area contributed by atoms with Gasteiger partial charge in [0, 0.05) is 5.56 Å². The molecule has 1 aromatic carbocycles. The summed E-state index contributed by atoms with van der Waals surface area (Å²) in [6.45, 7) is 0. The summed E-state index contributed by atoms with van der Waals surface area (Å²) in [5.74, 6) is 0.628. The molecule has 0 saturated heterocycles. The zero-order chi connectivity index (χ0) is 11.5. The Morgan fingerprint density at radius 1 is 1.31 bits per heavy atom. The van der Waals surface area contributed by atoms with Crippen LogP contribution in [-0.2, 0) is 0 Å². The number of aromatic amines is 1. The van der Waals surface area contributed by atoms with Crippen LogP contribution in [0, 0.1) is 4.64 Å². The Bertz CT molecular complexity index is 548. The van der Waals surface area contributed by atoms with Crippen LogP contribution in [0.1, 0.15) is 0 Å². The van der Waals surface area contributed by atoms with Gasteiger partial charge in [0.25, 0.3) is 0 Å². The second-order valence-electron chi connectivity index (χ2n) is 3.16. The average molecular weight is 253 g/mol. The fraction of sp³-hybridized carbons (Fsp3) is 0.0909. The number of nitrogens with one attached hydrogen (secondary N) is 1. The van der Waals surface area contributed by atoms with E-state index in [9.17, 15) is 0 Å². The Labute approximate surface area is 103 Å². The van der Waals surface area contributed by atoms with E-state index in [1.807, 2.05) is 18.2 Å². The van der Waals surface area contributed by atoms with Crippen LogP contribution >= 0.6 is 23.8 Å². The SMILES string of the molecule is COc1cc(-c2ccc(=S)[nH]n2)ccc1Cl. The highest BCUT2D eigenvalue weighted by Crippen LogP contribution is 2.29. The molecule has 0 saturated carbocycles. The molecule has 0 bridgehead atoms. The van der Waals surface area contributed by atoms with Gasteiger partial charge in [-0.1, -0.05) is 29.9 Å². The molecule has 0 aliphatic carbocycles. The molecule has 0 atom stereocenters. The molecule has 1 aromatic heterocycles. The van der Waals surface area contributed by atoms with E-state index in [2.05, 4.69) is 10.2 Å². The van der Waals surface area contributed by atoms with Crippen molar-refractivity contribution in [3.63, 3.8) is 0 Å². The molecule has 0 aliphatic rings. The van der Waals surface area contributed by atoms with Gasteiger partial charge in [0.05, 0.1) is 17.8 Å². The third-order valence-electron chi connectivity index (χ3n) is 2.13. The molecule has 16 heavy (non-hydrogen) atoms. The third-order valence-corrected chi connectivity index (χ3v) is 2.67. The van der Waals surface area contributed by atoms with E-state index in [0.29, 0.717) is 15.4 Å². The van der Waals surface area contributed by atoms with Crippen LogP contribution in [0.5, 0.6) is 5.75 Å². The molecule has 2 rings (SSSR count). The van der Waals surface area contributed by atoms with Crippen LogP contribution in [0.4, 0.5) is 0 Å². The molecular formula is C11H9ClN2OS. The first-order valence-corrected chi connectivity index (χ1v) is 5.39. The molecule has 1 N–H and O–H groups in total. The lowest BCUT2D eigenvalue weighted by Crippen LogP contribution is -1.89. The molecule has 82 valence electrons. The number of H-pyrrole nitrogens is 1. The van der Waals surface area contributed by atoms with Gasteiger partial charge in [0.1, 0.15) is 10.4 Å². The number of hydrogen-bond acceptors (Lipinski definition) is 3. The molecule has 0 fully saturated rings. The summed E-state index contributed by atoms with van der Waals surface area (Å²) < 4.78 is 5.74. The highest BCUT2D eigenvalue weighted by atomic mass is 35.5. The van der Waals surface area contributed by atoms with Crippen LogP contribution < -0.4 is 4.74 Å². The standard InChI is InChI=1S/C11H9ClN2OS/c1-15-10-6-7(2-3-8(10)12)9-4-5-11(16)14-13-9/h2-6H,1H3,(H,14,16). The Morgan fingerprint density at radius 2 is 2.12 bits per heavy atom. The molecule has 0 radical (unpaired) electrons. The number of rotatable bonds is 2. The van der Waals surface area contributed by atoms with Gasteiger partial charge >= 0.3 is 0 Å². The normalized spacial score (nSPS) is 10.1. The summed E-state index contributed by atoms with van der Waals surface area (Å²) in [6, 6.07) is 9.13. The monoisotopic (exact) mass is 252 g/mol. The van der Waals surface area contributed by atoms with E-state index in [1.54, 1.807) is 19.2 Å². The molecule has 0 unspecified atom stereocenters. The van der Waals surface area contributed by atoms with Crippen molar-refractivity contribution < 1.29 is 4.74 Å². The van der Waals surface area contributed by atoms with E-state index < -0.39 is 0 Å². The van der Waals surface area contributed by atoms with Crippen molar-refractivity contribution >= 4 is 23.8 Å². The maximum absolute atomic E-state index is 5.94. The van der Waals surface area contributed by atoms with Crippen molar-refractivity contribution in [1.29, 1.82) is 0 Å². The second kappa shape index (κ2) is 4.63. The Morgan fingerprint density at radius 3 is 2.75 bits per heavy atom. The van der Waals surface area contributed by atoms with Gasteiger partial charge < -0.3 is 4.74 Å². The zero-order valence-corrected chi connectivity index (χ0v) is 10.1. The largest absolute Gasteiger partial charge is 0.495 e. The number of benzene rings is 1. The molecule has 1 heterocycles. The Hall–Kier alpha value is -1.39. The van der Waals surface area contributed by atoms with Crippen molar-refractivity contribution in [2.24, 2.45) is 0 Å². The third kappa shape index (κ3) is 2.23. The van der Waals surface area contributed by atoms with Crippen molar-refractivity contribution in [2.45, 2.75) is 0 Å². The smallest absolute Gasteiger partial charge is 0.138 e. The fourth-order valence-electron chi connectivity index (χ4n) is 1.32. The van der Waals surface area contributed by atoms with E-state index >= 15 is 0 Å². The molecule has 3 nitrogen and oxygen atoms in total. The maximum Gasteiger partial charge on any atom is 0.138 e. The summed E-state index contributed by atoms with van der Waals surface area (Å²) in [5, 5.41) is 7.45. The molecular weight excluding hydrogens is 244 g/mol. The van der Waals surface area contributed by atoms with E-state index in [0.717, 1.165) is 11.3 Å². The summed E-state index contributed by atoms with van der Waals surface area (Å²) in [5.41, 5.74) is 1.72. The lowest BCUT2D eigenvalue weighted by molar-refractivity contribution is 0.415. The number of ether oxygens (including phenoxy) is 1. The minimum atomic E-state index is 0.579. The van der Waals surface area contributed by atoms with Crippen molar-refractivity contribution in [3.8, 4) is 17.0 Å². The van der Waals surface area contributed by atoms with Gasteiger partial charge in [-0.05, 0) is 24.3 Å². The maximum atomic E-state index is 5.94. The van der Waals surface area contributed by atoms with E-state index in [4.69, 9.17) is 28.6 Å². The van der Waals surface area contributed by atoms with Gasteiger partial charge in [0.2, 0.25) is 0 Å². The molecule has 0 amide bonds. The number of hydrogen-bond donors (Lipinski definition) is 1. The first-order chi connectivity index (χ1) is 7.70.